The number of methoxy groups -OCH3 is 2. The molecule has 0 saturated carbocycles. The maximum atomic E-state index is 12.5. The molecule has 0 atom stereocenters. The summed E-state index contributed by atoms with van der Waals surface area (Å²) in [6.07, 6.45) is 0. The van der Waals surface area contributed by atoms with Gasteiger partial charge in [0.1, 0.15) is 0 Å². The van der Waals surface area contributed by atoms with Crippen LogP contribution in [0.5, 0.6) is 23.0 Å². The lowest BCUT2D eigenvalue weighted by Gasteiger charge is -2.23. The summed E-state index contributed by atoms with van der Waals surface area (Å²) in [7, 11) is 3.06. The second-order valence-electron chi connectivity index (χ2n) is 6.79. The van der Waals surface area contributed by atoms with Gasteiger partial charge in [0.25, 0.3) is 0 Å². The molecule has 0 N–H and O–H groups in total. The highest BCUT2D eigenvalue weighted by Gasteiger charge is 2.30. The zero-order valence-corrected chi connectivity index (χ0v) is 16.0. The number of benzene rings is 2. The molecule has 136 valence electrons. The van der Waals surface area contributed by atoms with Gasteiger partial charge in [-0.1, -0.05) is 18.2 Å². The van der Waals surface area contributed by atoms with Crippen molar-refractivity contribution in [2.45, 2.75) is 34.6 Å². The minimum absolute atomic E-state index is 0.346. The Hall–Kier alpha value is -2.43. The molecular formula is C20H26O5. The van der Waals surface area contributed by atoms with Gasteiger partial charge in [-0.3, -0.25) is 4.79 Å². The van der Waals surface area contributed by atoms with Crippen LogP contribution in [0, 0.1) is 12.3 Å². The predicted octanol–water partition coefficient (Wildman–Crippen LogP) is 4.52. The molecule has 0 saturated heterocycles. The Morgan fingerprint density at radius 1 is 1.00 bits per heavy atom. The van der Waals surface area contributed by atoms with Crippen LogP contribution in [0.3, 0.4) is 0 Å². The molecule has 2 aromatic rings. The van der Waals surface area contributed by atoms with Crippen molar-refractivity contribution < 1.29 is 23.7 Å². The van der Waals surface area contributed by atoms with Gasteiger partial charge in [-0.15, -0.1) is 0 Å². The lowest BCUT2D eigenvalue weighted by atomic mass is 9.97. The van der Waals surface area contributed by atoms with Crippen LogP contribution in [-0.2, 0) is 4.79 Å². The molecular weight excluding hydrogens is 320 g/mol. The number of rotatable bonds is 5. The third-order valence-corrected chi connectivity index (χ3v) is 3.87. The summed E-state index contributed by atoms with van der Waals surface area (Å²) in [4.78, 5) is 12.5. The van der Waals surface area contributed by atoms with Crippen LogP contribution in [-0.4, -0.2) is 26.8 Å². The molecule has 0 aliphatic carbocycles. The zero-order valence-electron chi connectivity index (χ0n) is 16.0. The SMILES string of the molecule is CCOc1c(OC)c(OC)c(OC(=O)C(C)(C)C)c2c(C)cccc12. The zero-order chi connectivity index (χ0) is 18.8. The Labute approximate surface area is 148 Å². The number of aryl methyl sites for hydroxylation is 1. The Morgan fingerprint density at radius 3 is 2.12 bits per heavy atom. The van der Waals surface area contributed by atoms with Crippen molar-refractivity contribution in [3.05, 3.63) is 23.8 Å². The van der Waals surface area contributed by atoms with Crippen molar-refractivity contribution in [3.63, 3.8) is 0 Å². The van der Waals surface area contributed by atoms with E-state index >= 15 is 0 Å². The number of carbonyl (C=O) groups excluding carboxylic acids is 1. The molecule has 0 aliphatic rings. The summed E-state index contributed by atoms with van der Waals surface area (Å²) in [5.74, 6) is 1.36. The van der Waals surface area contributed by atoms with E-state index in [1.54, 1.807) is 0 Å². The van der Waals surface area contributed by atoms with E-state index in [1.165, 1.54) is 14.2 Å². The third-order valence-electron chi connectivity index (χ3n) is 3.87. The maximum Gasteiger partial charge on any atom is 0.316 e. The first-order valence-electron chi connectivity index (χ1n) is 8.28. The van der Waals surface area contributed by atoms with Crippen LogP contribution in [0.2, 0.25) is 0 Å². The van der Waals surface area contributed by atoms with Crippen molar-refractivity contribution in [1.82, 2.24) is 0 Å². The lowest BCUT2D eigenvalue weighted by Crippen LogP contribution is -2.26. The molecule has 0 aliphatic heterocycles. The van der Waals surface area contributed by atoms with Crippen LogP contribution >= 0.6 is 0 Å². The van der Waals surface area contributed by atoms with Gasteiger partial charge in [0.2, 0.25) is 11.5 Å². The van der Waals surface area contributed by atoms with Crippen molar-refractivity contribution in [3.8, 4) is 23.0 Å². The molecule has 0 amide bonds. The van der Waals surface area contributed by atoms with Crippen molar-refractivity contribution in [2.24, 2.45) is 5.41 Å². The van der Waals surface area contributed by atoms with Crippen LogP contribution in [0.15, 0.2) is 18.2 Å². The van der Waals surface area contributed by atoms with E-state index in [0.29, 0.717) is 29.6 Å². The summed E-state index contributed by atoms with van der Waals surface area (Å²) in [6.45, 7) is 9.76. The monoisotopic (exact) mass is 346 g/mol. The van der Waals surface area contributed by atoms with Gasteiger partial charge in [0.05, 0.1) is 26.2 Å². The normalized spacial score (nSPS) is 11.3. The van der Waals surface area contributed by atoms with E-state index in [9.17, 15) is 4.79 Å². The van der Waals surface area contributed by atoms with E-state index in [1.807, 2.05) is 52.8 Å². The Balaban J connectivity index is 2.87. The van der Waals surface area contributed by atoms with E-state index < -0.39 is 5.41 Å². The highest BCUT2D eigenvalue weighted by atomic mass is 16.6. The molecule has 0 unspecified atom stereocenters. The molecule has 0 aromatic heterocycles. The van der Waals surface area contributed by atoms with E-state index in [2.05, 4.69) is 0 Å². The number of esters is 1. The average molecular weight is 346 g/mol. The number of carbonyl (C=O) groups is 1. The smallest absolute Gasteiger partial charge is 0.316 e. The third kappa shape index (κ3) is 3.50. The highest BCUT2D eigenvalue weighted by Crippen LogP contribution is 2.52. The minimum Gasteiger partial charge on any atom is -0.490 e. The number of hydrogen-bond donors (Lipinski definition) is 0. The molecule has 2 aromatic carbocycles. The number of ether oxygens (including phenoxy) is 4. The van der Waals surface area contributed by atoms with Gasteiger partial charge in [-0.05, 0) is 40.2 Å². The van der Waals surface area contributed by atoms with Crippen molar-refractivity contribution in [1.29, 1.82) is 0 Å². The largest absolute Gasteiger partial charge is 0.490 e. The standard InChI is InChI=1S/C20H26O5/c1-8-24-15-13-11-9-10-12(2)14(13)16(18(23-7)17(15)22-6)25-19(21)20(3,4)5/h9-11H,8H2,1-7H3. The van der Waals surface area contributed by atoms with E-state index in [-0.39, 0.29) is 5.97 Å². The predicted molar refractivity (Wildman–Crippen MR) is 98.0 cm³/mol. The van der Waals surface area contributed by atoms with Crippen LogP contribution in [0.4, 0.5) is 0 Å². The fourth-order valence-corrected chi connectivity index (χ4v) is 2.60. The Morgan fingerprint density at radius 2 is 1.60 bits per heavy atom. The quantitative estimate of drug-likeness (QED) is 0.589. The Kier molecular flexibility index (Phi) is 5.45. The molecule has 0 bridgehead atoms. The summed E-state index contributed by atoms with van der Waals surface area (Å²) < 4.78 is 22.7. The van der Waals surface area contributed by atoms with Gasteiger partial charge < -0.3 is 18.9 Å². The second-order valence-corrected chi connectivity index (χ2v) is 6.79. The van der Waals surface area contributed by atoms with Gasteiger partial charge in [-0.2, -0.15) is 0 Å². The van der Waals surface area contributed by atoms with Crippen LogP contribution in [0.1, 0.15) is 33.3 Å². The molecule has 2 rings (SSSR count). The van der Waals surface area contributed by atoms with Crippen LogP contribution in [0.25, 0.3) is 10.8 Å². The fourth-order valence-electron chi connectivity index (χ4n) is 2.60. The highest BCUT2D eigenvalue weighted by molar-refractivity contribution is 6.02. The topological polar surface area (TPSA) is 54.0 Å². The molecule has 5 nitrogen and oxygen atoms in total. The molecule has 25 heavy (non-hydrogen) atoms. The summed E-state index contributed by atoms with van der Waals surface area (Å²) in [5.41, 5.74) is 0.308. The van der Waals surface area contributed by atoms with E-state index in [0.717, 1.165) is 16.3 Å². The van der Waals surface area contributed by atoms with Gasteiger partial charge >= 0.3 is 5.97 Å². The molecule has 0 heterocycles. The summed E-state index contributed by atoms with van der Waals surface area (Å²) in [6, 6.07) is 5.81. The van der Waals surface area contributed by atoms with Crippen molar-refractivity contribution >= 4 is 16.7 Å². The maximum absolute atomic E-state index is 12.5. The molecule has 0 spiro atoms. The summed E-state index contributed by atoms with van der Waals surface area (Å²) in [5, 5.41) is 1.59. The van der Waals surface area contributed by atoms with Gasteiger partial charge in [-0.25, -0.2) is 0 Å². The van der Waals surface area contributed by atoms with Gasteiger partial charge in [0.15, 0.2) is 11.5 Å². The first-order valence-corrected chi connectivity index (χ1v) is 8.28. The average Bonchev–Trinajstić information content (AvgIpc) is 2.55. The summed E-state index contributed by atoms with van der Waals surface area (Å²) >= 11 is 0. The fraction of sp³-hybridized carbons (Fsp3) is 0.450. The molecule has 0 fully saturated rings. The van der Waals surface area contributed by atoms with Crippen LogP contribution < -0.4 is 18.9 Å². The molecule has 5 heteroatoms. The van der Waals surface area contributed by atoms with E-state index in [4.69, 9.17) is 18.9 Å². The van der Waals surface area contributed by atoms with Crippen molar-refractivity contribution in [2.75, 3.05) is 20.8 Å². The minimum atomic E-state index is -0.647. The number of fused-ring (bicyclic) bond motifs is 1. The molecule has 0 radical (unpaired) electrons. The Bertz CT molecular complexity index is 787. The lowest BCUT2D eigenvalue weighted by molar-refractivity contribution is -0.143. The first kappa shape index (κ1) is 18.9. The second kappa shape index (κ2) is 7.21. The van der Waals surface area contributed by atoms with Gasteiger partial charge in [0, 0.05) is 10.8 Å². The first-order chi connectivity index (χ1) is 11.8. The number of hydrogen-bond acceptors (Lipinski definition) is 5.